The van der Waals surface area contributed by atoms with Gasteiger partial charge < -0.3 is 25.0 Å². The molecule has 1 saturated carbocycles. The molecule has 204 valence electrons. The first-order chi connectivity index (χ1) is 17.5. The molecule has 37 heavy (non-hydrogen) atoms. The standard InChI is InChI=1S/C25H32ClN3O5S.C2H6/c1-16-12-19-23(33)28(15-25(8-9-25)35(34)24(2,3)20(31)14-30)10-11-29(19)21(16)22(32)27-13-17-4-6-18(26)7-5-17;1-2/h4-7,12,20,30-31H,8-11,13-15H2,1-3H3,(H,27,32);1-2H3. The lowest BCUT2D eigenvalue weighted by molar-refractivity contribution is 0.0677. The zero-order valence-electron chi connectivity index (χ0n) is 22.2. The fraction of sp³-hybridized carbons (Fsp3) is 0.556. The first kappa shape index (κ1) is 29.4. The van der Waals surface area contributed by atoms with Crippen LogP contribution in [0.15, 0.2) is 30.3 Å². The summed E-state index contributed by atoms with van der Waals surface area (Å²) in [7, 11) is -1.45. The highest BCUT2D eigenvalue weighted by molar-refractivity contribution is 7.88. The van der Waals surface area contributed by atoms with Crippen molar-refractivity contribution in [2.45, 2.75) is 76.1 Å². The van der Waals surface area contributed by atoms with Crippen LogP contribution in [0, 0.1) is 6.92 Å². The number of fused-ring (bicyclic) bond motifs is 1. The van der Waals surface area contributed by atoms with E-state index in [9.17, 15) is 24.0 Å². The van der Waals surface area contributed by atoms with Crippen LogP contribution in [0.2, 0.25) is 5.02 Å². The Morgan fingerprint density at radius 3 is 2.41 bits per heavy atom. The number of aliphatic hydroxyl groups is 2. The Morgan fingerprint density at radius 2 is 1.84 bits per heavy atom. The molecule has 3 N–H and O–H groups in total. The lowest BCUT2D eigenvalue weighted by Gasteiger charge is -2.36. The number of nitrogens with one attached hydrogen (secondary N) is 1. The van der Waals surface area contributed by atoms with Gasteiger partial charge in [-0.05, 0) is 62.9 Å². The van der Waals surface area contributed by atoms with E-state index in [0.29, 0.717) is 55.4 Å². The summed E-state index contributed by atoms with van der Waals surface area (Å²) in [5, 5.41) is 23.1. The Kier molecular flexibility index (Phi) is 9.27. The van der Waals surface area contributed by atoms with E-state index < -0.39 is 33.0 Å². The maximum absolute atomic E-state index is 13.4. The second kappa shape index (κ2) is 11.7. The molecule has 2 aromatic rings. The summed E-state index contributed by atoms with van der Waals surface area (Å²) < 4.78 is 13.6. The number of carbonyl (C=O) groups is 2. The fourth-order valence-corrected chi connectivity index (χ4v) is 7.00. The highest BCUT2D eigenvalue weighted by atomic mass is 35.5. The minimum Gasteiger partial charge on any atom is -0.394 e. The molecule has 1 aliphatic carbocycles. The van der Waals surface area contributed by atoms with Crippen molar-refractivity contribution in [2.75, 3.05) is 19.7 Å². The SMILES string of the molecule is CC.Cc1cc2n(c1C(=O)NCc1ccc(Cl)cc1)CCN(CC1(S(=O)C(C)(C)C(O)CO)CC1)C2=O. The third kappa shape index (κ3) is 5.95. The Hall–Kier alpha value is -2.20. The summed E-state index contributed by atoms with van der Waals surface area (Å²) in [5.74, 6) is -0.440. The van der Waals surface area contributed by atoms with Gasteiger partial charge in [0.1, 0.15) is 11.4 Å². The number of aliphatic hydroxyl groups excluding tert-OH is 2. The summed E-state index contributed by atoms with van der Waals surface area (Å²) in [4.78, 5) is 28.1. The van der Waals surface area contributed by atoms with Crippen molar-refractivity contribution in [2.24, 2.45) is 0 Å². The van der Waals surface area contributed by atoms with Crippen LogP contribution in [0.3, 0.4) is 0 Å². The number of amides is 2. The predicted octanol–water partition coefficient (Wildman–Crippen LogP) is 3.28. The molecule has 8 nitrogen and oxygen atoms in total. The lowest BCUT2D eigenvalue weighted by atomic mass is 10.1. The molecular weight excluding hydrogens is 514 g/mol. The second-order valence-corrected chi connectivity index (χ2v) is 12.9. The van der Waals surface area contributed by atoms with E-state index in [4.69, 9.17) is 11.6 Å². The normalized spacial score (nSPS) is 17.8. The molecule has 0 radical (unpaired) electrons. The fourth-order valence-electron chi connectivity index (χ4n) is 4.69. The van der Waals surface area contributed by atoms with Crippen LogP contribution < -0.4 is 5.32 Å². The first-order valence-electron chi connectivity index (χ1n) is 12.7. The molecule has 1 aromatic carbocycles. The van der Waals surface area contributed by atoms with Crippen LogP contribution in [0.4, 0.5) is 0 Å². The second-order valence-electron chi connectivity index (χ2n) is 10.0. The van der Waals surface area contributed by atoms with Gasteiger partial charge in [-0.2, -0.15) is 0 Å². The Labute approximate surface area is 226 Å². The highest BCUT2D eigenvalue weighted by Crippen LogP contribution is 2.47. The van der Waals surface area contributed by atoms with E-state index in [-0.39, 0.29) is 11.8 Å². The highest BCUT2D eigenvalue weighted by Gasteiger charge is 2.56. The van der Waals surface area contributed by atoms with Gasteiger partial charge in [0.25, 0.3) is 11.8 Å². The van der Waals surface area contributed by atoms with Gasteiger partial charge in [-0.1, -0.05) is 37.6 Å². The van der Waals surface area contributed by atoms with Crippen LogP contribution in [0.1, 0.15) is 72.6 Å². The monoisotopic (exact) mass is 551 g/mol. The van der Waals surface area contributed by atoms with Gasteiger partial charge >= 0.3 is 0 Å². The summed E-state index contributed by atoms with van der Waals surface area (Å²) >= 11 is 5.92. The average molecular weight is 552 g/mol. The number of aryl methyl sites for hydroxylation is 1. The molecule has 0 saturated heterocycles. The Bertz CT molecular complexity index is 1160. The molecule has 2 unspecified atom stereocenters. The first-order valence-corrected chi connectivity index (χ1v) is 14.3. The van der Waals surface area contributed by atoms with Crippen molar-refractivity contribution in [1.82, 2.24) is 14.8 Å². The molecule has 2 aliphatic rings. The van der Waals surface area contributed by atoms with Gasteiger partial charge in [0.15, 0.2) is 0 Å². The minimum absolute atomic E-state index is 0.195. The summed E-state index contributed by atoms with van der Waals surface area (Å²) in [6, 6.07) is 8.98. The van der Waals surface area contributed by atoms with Gasteiger partial charge in [-0.25, -0.2) is 0 Å². The number of hydrogen-bond donors (Lipinski definition) is 3. The topological polar surface area (TPSA) is 112 Å². The molecule has 1 aromatic heterocycles. The van der Waals surface area contributed by atoms with Crippen LogP contribution in [-0.2, 0) is 23.9 Å². The number of hydrogen-bond acceptors (Lipinski definition) is 5. The van der Waals surface area contributed by atoms with E-state index >= 15 is 0 Å². The quantitative estimate of drug-likeness (QED) is 0.443. The smallest absolute Gasteiger partial charge is 0.270 e. The van der Waals surface area contributed by atoms with Crippen molar-refractivity contribution < 1.29 is 24.0 Å². The molecule has 2 heterocycles. The van der Waals surface area contributed by atoms with Gasteiger partial charge in [0, 0.05) is 42.0 Å². The third-order valence-electron chi connectivity index (χ3n) is 7.10. The molecule has 1 fully saturated rings. The molecule has 10 heteroatoms. The number of rotatable bonds is 9. The largest absolute Gasteiger partial charge is 0.394 e. The van der Waals surface area contributed by atoms with E-state index in [0.717, 1.165) is 11.1 Å². The van der Waals surface area contributed by atoms with Crippen molar-refractivity contribution in [3.63, 3.8) is 0 Å². The molecule has 0 spiro atoms. The molecule has 1 aliphatic heterocycles. The minimum atomic E-state index is -1.45. The van der Waals surface area contributed by atoms with Crippen LogP contribution in [0.5, 0.6) is 0 Å². The maximum atomic E-state index is 13.4. The van der Waals surface area contributed by atoms with Gasteiger partial charge in [0.2, 0.25) is 0 Å². The van der Waals surface area contributed by atoms with Gasteiger partial charge in [0.05, 0.1) is 22.2 Å². The zero-order valence-corrected chi connectivity index (χ0v) is 23.8. The summed E-state index contributed by atoms with van der Waals surface area (Å²) in [5.41, 5.74) is 2.56. The van der Waals surface area contributed by atoms with Crippen LogP contribution in [0.25, 0.3) is 0 Å². The lowest BCUT2D eigenvalue weighted by Crippen LogP contribution is -2.52. The number of benzene rings is 1. The molecule has 4 rings (SSSR count). The van der Waals surface area contributed by atoms with Gasteiger partial charge in [-0.3, -0.25) is 13.8 Å². The molecular formula is C27H38ClN3O5S. The van der Waals surface area contributed by atoms with Crippen LogP contribution >= 0.6 is 11.6 Å². The molecule has 2 atom stereocenters. The zero-order chi connectivity index (χ0) is 27.5. The summed E-state index contributed by atoms with van der Waals surface area (Å²) in [6.45, 7) is 10.3. The number of carbonyl (C=O) groups excluding carboxylic acids is 2. The molecule has 0 bridgehead atoms. The van der Waals surface area contributed by atoms with Crippen molar-refractivity contribution in [3.05, 3.63) is 57.9 Å². The summed E-state index contributed by atoms with van der Waals surface area (Å²) in [6.07, 6.45) is 0.291. The third-order valence-corrected chi connectivity index (χ3v) is 9.91. The van der Waals surface area contributed by atoms with Crippen LogP contribution in [-0.4, -0.2) is 71.0 Å². The maximum Gasteiger partial charge on any atom is 0.270 e. The number of nitrogens with zero attached hydrogens (tertiary/aromatic N) is 2. The Balaban J connectivity index is 0.00000186. The van der Waals surface area contributed by atoms with E-state index in [2.05, 4.69) is 5.32 Å². The van der Waals surface area contributed by atoms with E-state index in [1.165, 1.54) is 0 Å². The van der Waals surface area contributed by atoms with E-state index in [1.807, 2.05) is 32.9 Å². The van der Waals surface area contributed by atoms with Crippen molar-refractivity contribution in [3.8, 4) is 0 Å². The van der Waals surface area contributed by atoms with Crippen molar-refractivity contribution in [1.29, 1.82) is 0 Å². The van der Waals surface area contributed by atoms with Gasteiger partial charge in [-0.15, -0.1) is 0 Å². The average Bonchev–Trinajstić information content (AvgIpc) is 3.59. The van der Waals surface area contributed by atoms with Crippen molar-refractivity contribution >= 4 is 34.2 Å². The predicted molar refractivity (Wildman–Crippen MR) is 146 cm³/mol. The Morgan fingerprint density at radius 1 is 1.22 bits per heavy atom. The number of halogens is 1. The number of aromatic nitrogens is 1. The van der Waals surface area contributed by atoms with E-state index in [1.54, 1.807) is 41.5 Å². The molecule has 2 amide bonds.